The van der Waals surface area contributed by atoms with E-state index in [0.717, 1.165) is 49.7 Å². The Morgan fingerprint density at radius 2 is 2.28 bits per heavy atom. The van der Waals surface area contributed by atoms with Gasteiger partial charge in [-0.3, -0.25) is 4.68 Å². The molecule has 0 bridgehead atoms. The Hall–Kier alpha value is -0.580. The number of aryl methyl sites for hydroxylation is 1. The van der Waals surface area contributed by atoms with E-state index in [1.165, 1.54) is 0 Å². The molecule has 0 aromatic carbocycles. The lowest BCUT2D eigenvalue weighted by Gasteiger charge is -2.19. The summed E-state index contributed by atoms with van der Waals surface area (Å²) in [6, 6.07) is 0.255. The molecule has 0 radical (unpaired) electrons. The first kappa shape index (κ1) is 15.5. The van der Waals surface area contributed by atoms with Crippen molar-refractivity contribution in [1.82, 2.24) is 15.1 Å². The maximum atomic E-state index is 6.20. The van der Waals surface area contributed by atoms with Crippen LogP contribution >= 0.6 is 11.6 Å². The van der Waals surface area contributed by atoms with Crippen molar-refractivity contribution >= 4 is 11.6 Å². The second-order valence-electron chi connectivity index (χ2n) is 4.35. The average molecular weight is 274 g/mol. The Kier molecular flexibility index (Phi) is 7.32. The van der Waals surface area contributed by atoms with Crippen LogP contribution < -0.4 is 5.32 Å². The number of nitrogens with zero attached hydrogens (tertiary/aromatic N) is 2. The minimum absolute atomic E-state index is 0.255. The molecule has 1 aromatic rings. The molecule has 1 N–H and O–H groups in total. The number of aromatic nitrogens is 2. The van der Waals surface area contributed by atoms with E-state index in [2.05, 4.69) is 17.3 Å². The van der Waals surface area contributed by atoms with Gasteiger partial charge in [-0.2, -0.15) is 5.10 Å². The molecule has 0 aliphatic rings. The molecular formula is C13H24ClN3O. The van der Waals surface area contributed by atoms with E-state index in [1.807, 2.05) is 18.7 Å². The minimum atomic E-state index is 0.255. The third-order valence-corrected chi connectivity index (χ3v) is 3.19. The van der Waals surface area contributed by atoms with Gasteiger partial charge in [-0.05, 0) is 32.7 Å². The monoisotopic (exact) mass is 273 g/mol. The van der Waals surface area contributed by atoms with E-state index in [0.29, 0.717) is 0 Å². The van der Waals surface area contributed by atoms with E-state index >= 15 is 0 Å². The van der Waals surface area contributed by atoms with E-state index in [4.69, 9.17) is 16.3 Å². The van der Waals surface area contributed by atoms with Crippen molar-refractivity contribution in [3.8, 4) is 0 Å². The zero-order valence-corrected chi connectivity index (χ0v) is 12.3. The van der Waals surface area contributed by atoms with Gasteiger partial charge in [0.15, 0.2) is 0 Å². The van der Waals surface area contributed by atoms with Crippen LogP contribution in [-0.2, 0) is 11.8 Å². The lowest BCUT2D eigenvalue weighted by molar-refractivity contribution is 0.140. The van der Waals surface area contributed by atoms with Gasteiger partial charge in [0, 0.05) is 20.3 Å². The van der Waals surface area contributed by atoms with Crippen LogP contribution in [-0.4, -0.2) is 29.5 Å². The Bertz CT molecular complexity index is 321. The molecule has 0 aliphatic heterocycles. The molecule has 0 spiro atoms. The largest absolute Gasteiger partial charge is 0.382 e. The second kappa shape index (κ2) is 8.51. The molecule has 0 saturated carbocycles. The Labute approximate surface area is 115 Å². The van der Waals surface area contributed by atoms with Gasteiger partial charge in [-0.1, -0.05) is 18.5 Å². The smallest absolute Gasteiger partial charge is 0.0833 e. The molecule has 104 valence electrons. The number of hydrogen-bond acceptors (Lipinski definition) is 3. The predicted molar refractivity (Wildman–Crippen MR) is 75.0 cm³/mol. The maximum absolute atomic E-state index is 6.20. The van der Waals surface area contributed by atoms with Crippen LogP contribution in [0.5, 0.6) is 0 Å². The van der Waals surface area contributed by atoms with Crippen LogP contribution in [0.4, 0.5) is 0 Å². The number of rotatable bonds is 9. The first-order valence-corrected chi connectivity index (χ1v) is 7.07. The lowest BCUT2D eigenvalue weighted by Crippen LogP contribution is -2.25. The average Bonchev–Trinajstić information content (AvgIpc) is 2.69. The summed E-state index contributed by atoms with van der Waals surface area (Å²) in [5, 5.41) is 8.47. The van der Waals surface area contributed by atoms with Crippen LogP contribution in [0.15, 0.2) is 6.20 Å². The fraction of sp³-hybridized carbons (Fsp3) is 0.769. The topological polar surface area (TPSA) is 39.1 Å². The molecule has 18 heavy (non-hydrogen) atoms. The lowest BCUT2D eigenvalue weighted by atomic mass is 10.1. The Morgan fingerprint density at radius 1 is 1.50 bits per heavy atom. The normalized spacial score (nSPS) is 12.9. The summed E-state index contributed by atoms with van der Waals surface area (Å²) in [5.74, 6) is 0. The standard InChI is InChI=1S/C13H24ClN3O/c1-4-8-15-12(7-6-9-18-5-2)13-11(14)10-16-17(13)3/h10,12,15H,4-9H2,1-3H3. The van der Waals surface area contributed by atoms with Gasteiger partial charge >= 0.3 is 0 Å². The van der Waals surface area contributed by atoms with Crippen molar-refractivity contribution in [1.29, 1.82) is 0 Å². The molecule has 5 heteroatoms. The second-order valence-corrected chi connectivity index (χ2v) is 4.75. The molecule has 0 fully saturated rings. The van der Waals surface area contributed by atoms with Crippen LogP contribution in [0.2, 0.25) is 5.02 Å². The van der Waals surface area contributed by atoms with Crippen LogP contribution in [0.1, 0.15) is 44.8 Å². The van der Waals surface area contributed by atoms with Crippen molar-refractivity contribution < 1.29 is 4.74 Å². The van der Waals surface area contributed by atoms with Crippen LogP contribution in [0.3, 0.4) is 0 Å². The van der Waals surface area contributed by atoms with Crippen LogP contribution in [0.25, 0.3) is 0 Å². The summed E-state index contributed by atoms with van der Waals surface area (Å²) in [4.78, 5) is 0. The van der Waals surface area contributed by atoms with Crippen molar-refractivity contribution in [2.24, 2.45) is 7.05 Å². The fourth-order valence-corrected chi connectivity index (χ4v) is 2.30. The molecule has 0 aliphatic carbocycles. The van der Waals surface area contributed by atoms with Crippen molar-refractivity contribution in [2.75, 3.05) is 19.8 Å². The SMILES string of the molecule is CCCNC(CCCOCC)c1c(Cl)cnn1C. The molecule has 1 atom stereocenters. The molecule has 1 unspecified atom stereocenters. The Morgan fingerprint density at radius 3 is 2.83 bits per heavy atom. The summed E-state index contributed by atoms with van der Waals surface area (Å²) >= 11 is 6.20. The summed E-state index contributed by atoms with van der Waals surface area (Å²) in [6.45, 7) is 6.75. The zero-order valence-electron chi connectivity index (χ0n) is 11.6. The molecule has 4 nitrogen and oxygen atoms in total. The molecule has 1 heterocycles. The first-order chi connectivity index (χ1) is 8.70. The highest BCUT2D eigenvalue weighted by Crippen LogP contribution is 2.25. The number of hydrogen-bond donors (Lipinski definition) is 1. The highest BCUT2D eigenvalue weighted by molar-refractivity contribution is 6.31. The van der Waals surface area contributed by atoms with E-state index in [-0.39, 0.29) is 6.04 Å². The highest BCUT2D eigenvalue weighted by atomic mass is 35.5. The molecule has 0 saturated heterocycles. The third-order valence-electron chi connectivity index (χ3n) is 2.89. The quantitative estimate of drug-likeness (QED) is 0.703. The molecule has 1 rings (SSSR count). The third kappa shape index (κ3) is 4.59. The number of nitrogens with one attached hydrogen (secondary N) is 1. The van der Waals surface area contributed by atoms with Crippen molar-refractivity contribution in [3.05, 3.63) is 16.9 Å². The summed E-state index contributed by atoms with van der Waals surface area (Å²) < 4.78 is 7.24. The van der Waals surface area contributed by atoms with E-state index in [1.54, 1.807) is 6.20 Å². The predicted octanol–water partition coefficient (Wildman–Crippen LogP) is 2.93. The summed E-state index contributed by atoms with van der Waals surface area (Å²) in [6.07, 6.45) is 4.85. The van der Waals surface area contributed by atoms with Gasteiger partial charge in [-0.25, -0.2) is 0 Å². The number of ether oxygens (including phenoxy) is 1. The van der Waals surface area contributed by atoms with Gasteiger partial charge in [0.25, 0.3) is 0 Å². The van der Waals surface area contributed by atoms with Gasteiger partial charge in [0.05, 0.1) is 23.0 Å². The molecule has 0 amide bonds. The fourth-order valence-electron chi connectivity index (χ4n) is 2.00. The van der Waals surface area contributed by atoms with Gasteiger partial charge in [0.2, 0.25) is 0 Å². The number of halogens is 1. The van der Waals surface area contributed by atoms with E-state index in [9.17, 15) is 0 Å². The highest BCUT2D eigenvalue weighted by Gasteiger charge is 2.18. The Balaban J connectivity index is 2.60. The van der Waals surface area contributed by atoms with E-state index < -0.39 is 0 Å². The summed E-state index contributed by atoms with van der Waals surface area (Å²) in [5.41, 5.74) is 1.07. The van der Waals surface area contributed by atoms with Gasteiger partial charge in [0.1, 0.15) is 0 Å². The maximum Gasteiger partial charge on any atom is 0.0833 e. The molecule has 1 aromatic heterocycles. The van der Waals surface area contributed by atoms with Crippen molar-refractivity contribution in [2.45, 2.75) is 39.2 Å². The minimum Gasteiger partial charge on any atom is -0.382 e. The first-order valence-electron chi connectivity index (χ1n) is 6.69. The zero-order chi connectivity index (χ0) is 13.4. The van der Waals surface area contributed by atoms with Gasteiger partial charge in [-0.15, -0.1) is 0 Å². The van der Waals surface area contributed by atoms with Gasteiger partial charge < -0.3 is 10.1 Å². The summed E-state index contributed by atoms with van der Waals surface area (Å²) in [7, 11) is 1.93. The molecular weight excluding hydrogens is 250 g/mol. The van der Waals surface area contributed by atoms with Crippen molar-refractivity contribution in [3.63, 3.8) is 0 Å². The van der Waals surface area contributed by atoms with Crippen LogP contribution in [0, 0.1) is 0 Å².